The van der Waals surface area contributed by atoms with Gasteiger partial charge in [0.2, 0.25) is 17.4 Å². The fourth-order valence-corrected chi connectivity index (χ4v) is 4.36. The summed E-state index contributed by atoms with van der Waals surface area (Å²) in [6.07, 6.45) is -0.354. The summed E-state index contributed by atoms with van der Waals surface area (Å²) in [6, 6.07) is 10.3. The molecule has 0 spiro atoms. The fourth-order valence-electron chi connectivity index (χ4n) is 4.36. The third-order valence-electron chi connectivity index (χ3n) is 6.54. The number of benzene rings is 1. The molecule has 2 N–H and O–H groups in total. The third-order valence-corrected chi connectivity index (χ3v) is 6.54. The number of pyridine rings is 1. The molecule has 2 aliphatic rings. The maximum atomic E-state index is 13.7. The second kappa shape index (κ2) is 9.36. The molecule has 2 aromatic rings. The summed E-state index contributed by atoms with van der Waals surface area (Å²) in [5, 5.41) is 12.0. The number of carboxylic acids is 1. The van der Waals surface area contributed by atoms with Crippen LogP contribution in [0.15, 0.2) is 36.4 Å². The number of carbonyl (C=O) groups excluding carboxylic acids is 2. The first-order chi connectivity index (χ1) is 17.0. The number of aromatic nitrogens is 1. The van der Waals surface area contributed by atoms with Crippen LogP contribution in [0.4, 0.5) is 19.3 Å². The van der Waals surface area contributed by atoms with Gasteiger partial charge < -0.3 is 24.8 Å². The van der Waals surface area contributed by atoms with Crippen molar-refractivity contribution in [1.29, 1.82) is 0 Å². The van der Waals surface area contributed by atoms with E-state index in [0.29, 0.717) is 11.3 Å². The van der Waals surface area contributed by atoms with Gasteiger partial charge in [0.1, 0.15) is 11.1 Å². The number of amides is 2. The number of hydrogen-bond donors (Lipinski definition) is 2. The van der Waals surface area contributed by atoms with Crippen LogP contribution in [0.25, 0.3) is 0 Å². The second-order valence-corrected chi connectivity index (χ2v) is 9.49. The lowest BCUT2D eigenvalue weighted by Gasteiger charge is -2.49. The van der Waals surface area contributed by atoms with Crippen molar-refractivity contribution in [3.63, 3.8) is 0 Å². The number of ether oxygens (including phenoxy) is 2. The lowest BCUT2D eigenvalue weighted by Crippen LogP contribution is -2.67. The number of carbonyl (C=O) groups is 3. The largest absolute Gasteiger partial charge is 0.478 e. The van der Waals surface area contributed by atoms with Gasteiger partial charge in [-0.15, -0.1) is 0 Å². The zero-order chi connectivity index (χ0) is 26.3. The Balaban J connectivity index is 1.64. The lowest BCUT2D eigenvalue weighted by atomic mass is 9.70. The van der Waals surface area contributed by atoms with E-state index in [1.54, 1.807) is 25.1 Å². The maximum Gasteiger partial charge on any atom is 0.410 e. The Morgan fingerprint density at radius 2 is 1.78 bits per heavy atom. The molecule has 1 saturated heterocycles. The molecule has 1 aromatic heterocycles. The SMILES string of the molecule is Cc1ccc(NC(=O)C2(c3ccccc3C(C)C)CN(C(=O)OC3(C(=O)O)CC3)C2)c(OC(F)F)n1. The van der Waals surface area contributed by atoms with Crippen LogP contribution in [0.3, 0.4) is 0 Å². The highest BCUT2D eigenvalue weighted by molar-refractivity contribution is 6.02. The van der Waals surface area contributed by atoms with E-state index in [1.807, 2.05) is 26.0 Å². The number of alkyl halides is 2. The van der Waals surface area contributed by atoms with Gasteiger partial charge in [-0.25, -0.2) is 14.6 Å². The smallest absolute Gasteiger partial charge is 0.410 e. The van der Waals surface area contributed by atoms with Gasteiger partial charge in [0, 0.05) is 31.6 Å². The molecular formula is C25H27F2N3O6. The van der Waals surface area contributed by atoms with Crippen LogP contribution >= 0.6 is 0 Å². The van der Waals surface area contributed by atoms with E-state index in [1.165, 1.54) is 11.0 Å². The number of carboxylic acid groups (broad SMARTS) is 1. The van der Waals surface area contributed by atoms with Gasteiger partial charge in [-0.05, 0) is 36.1 Å². The molecule has 192 valence electrons. The van der Waals surface area contributed by atoms with E-state index >= 15 is 0 Å². The fraction of sp³-hybridized carbons (Fsp3) is 0.440. The zero-order valence-corrected chi connectivity index (χ0v) is 20.1. The van der Waals surface area contributed by atoms with Crippen LogP contribution < -0.4 is 10.1 Å². The van der Waals surface area contributed by atoms with Crippen molar-refractivity contribution in [2.24, 2.45) is 0 Å². The Morgan fingerprint density at radius 1 is 1.11 bits per heavy atom. The summed E-state index contributed by atoms with van der Waals surface area (Å²) in [5.74, 6) is -2.11. The maximum absolute atomic E-state index is 13.7. The monoisotopic (exact) mass is 503 g/mol. The molecule has 9 nitrogen and oxygen atoms in total. The van der Waals surface area contributed by atoms with Crippen molar-refractivity contribution < 1.29 is 37.7 Å². The Morgan fingerprint density at radius 3 is 2.36 bits per heavy atom. The van der Waals surface area contributed by atoms with Gasteiger partial charge in [-0.3, -0.25) is 4.79 Å². The van der Waals surface area contributed by atoms with Crippen LogP contribution in [0.5, 0.6) is 5.88 Å². The first-order valence-electron chi connectivity index (χ1n) is 11.5. The molecule has 36 heavy (non-hydrogen) atoms. The van der Waals surface area contributed by atoms with E-state index in [9.17, 15) is 28.3 Å². The molecule has 4 rings (SSSR count). The van der Waals surface area contributed by atoms with Crippen molar-refractivity contribution >= 4 is 23.7 Å². The highest BCUT2D eigenvalue weighted by atomic mass is 19.3. The Labute approximate surface area is 206 Å². The van der Waals surface area contributed by atoms with Gasteiger partial charge in [0.15, 0.2) is 0 Å². The minimum Gasteiger partial charge on any atom is -0.478 e. The minimum absolute atomic E-state index is 0.0314. The van der Waals surface area contributed by atoms with E-state index in [-0.39, 0.29) is 37.5 Å². The molecular weight excluding hydrogens is 476 g/mol. The summed E-state index contributed by atoms with van der Waals surface area (Å²) in [6.45, 7) is 2.24. The average molecular weight is 504 g/mol. The van der Waals surface area contributed by atoms with Crippen molar-refractivity contribution in [3.05, 3.63) is 53.2 Å². The van der Waals surface area contributed by atoms with Crippen molar-refractivity contribution in [2.45, 2.75) is 57.2 Å². The topological polar surface area (TPSA) is 118 Å². The molecule has 1 saturated carbocycles. The van der Waals surface area contributed by atoms with Crippen LogP contribution in [0, 0.1) is 6.92 Å². The number of nitrogens with one attached hydrogen (secondary N) is 1. The van der Waals surface area contributed by atoms with E-state index in [2.05, 4.69) is 15.0 Å². The minimum atomic E-state index is -3.14. The number of rotatable bonds is 8. The number of halogens is 2. The van der Waals surface area contributed by atoms with Crippen LogP contribution in [0.2, 0.25) is 0 Å². The summed E-state index contributed by atoms with van der Waals surface area (Å²) in [7, 11) is 0. The molecule has 1 aliphatic carbocycles. The number of nitrogens with zero attached hydrogens (tertiary/aromatic N) is 2. The molecule has 0 atom stereocenters. The number of hydrogen-bond acceptors (Lipinski definition) is 6. The van der Waals surface area contributed by atoms with Crippen LogP contribution in [-0.4, -0.2) is 58.3 Å². The van der Waals surface area contributed by atoms with Crippen LogP contribution in [-0.2, 0) is 19.7 Å². The summed E-state index contributed by atoms with van der Waals surface area (Å²) in [5.41, 5.74) is -0.784. The van der Waals surface area contributed by atoms with Gasteiger partial charge in [-0.2, -0.15) is 8.78 Å². The van der Waals surface area contributed by atoms with E-state index in [4.69, 9.17) is 4.74 Å². The predicted molar refractivity (Wildman–Crippen MR) is 124 cm³/mol. The van der Waals surface area contributed by atoms with Gasteiger partial charge in [0.05, 0.1) is 0 Å². The Hall–Kier alpha value is -3.76. The summed E-state index contributed by atoms with van der Waals surface area (Å²) in [4.78, 5) is 43.1. The van der Waals surface area contributed by atoms with Gasteiger partial charge in [0.25, 0.3) is 0 Å². The third kappa shape index (κ3) is 4.69. The molecule has 2 heterocycles. The molecule has 1 aromatic carbocycles. The van der Waals surface area contributed by atoms with Crippen LogP contribution in [0.1, 0.15) is 49.4 Å². The first-order valence-corrected chi connectivity index (χ1v) is 11.5. The second-order valence-electron chi connectivity index (χ2n) is 9.49. The van der Waals surface area contributed by atoms with E-state index in [0.717, 1.165) is 5.56 Å². The highest BCUT2D eigenvalue weighted by Crippen LogP contribution is 2.44. The lowest BCUT2D eigenvalue weighted by molar-refractivity contribution is -0.151. The normalized spacial score (nSPS) is 17.4. The molecule has 2 fully saturated rings. The zero-order valence-electron chi connectivity index (χ0n) is 20.1. The Bertz CT molecular complexity index is 1190. The molecule has 0 radical (unpaired) electrons. The predicted octanol–water partition coefficient (Wildman–Crippen LogP) is 4.06. The standard InChI is InChI=1S/C25H27F2N3O6/c1-14(2)16-6-4-5-7-17(16)24(12-30(13-24)23(34)36-25(10-11-25)21(32)33)20(31)29-18-9-8-15(3)28-19(18)35-22(26)27/h4-9,14,22H,10-13H2,1-3H3,(H,29,31)(H,32,33). The Kier molecular flexibility index (Phi) is 6.59. The quantitative estimate of drug-likeness (QED) is 0.558. The first kappa shape index (κ1) is 25.3. The molecule has 2 amide bonds. The summed E-state index contributed by atoms with van der Waals surface area (Å²) < 4.78 is 35.6. The molecule has 11 heteroatoms. The molecule has 1 aliphatic heterocycles. The molecule has 0 unspecified atom stereocenters. The van der Waals surface area contributed by atoms with E-state index < -0.39 is 41.5 Å². The van der Waals surface area contributed by atoms with Gasteiger partial charge >= 0.3 is 18.7 Å². The van der Waals surface area contributed by atoms with Crippen molar-refractivity contribution in [1.82, 2.24) is 9.88 Å². The van der Waals surface area contributed by atoms with Gasteiger partial charge in [-0.1, -0.05) is 38.1 Å². The summed E-state index contributed by atoms with van der Waals surface area (Å²) >= 11 is 0. The number of aryl methyl sites for hydroxylation is 1. The van der Waals surface area contributed by atoms with Crippen molar-refractivity contribution in [2.75, 3.05) is 18.4 Å². The molecule has 0 bridgehead atoms. The number of anilines is 1. The average Bonchev–Trinajstić information content (AvgIpc) is 3.55. The number of likely N-dealkylation sites (tertiary alicyclic amines) is 1. The highest BCUT2D eigenvalue weighted by Gasteiger charge is 2.59. The van der Waals surface area contributed by atoms with Crippen molar-refractivity contribution in [3.8, 4) is 5.88 Å². The number of aliphatic carboxylic acids is 1.